The fraction of sp³-hybridized carbons (Fsp3) is 0.158. The Morgan fingerprint density at radius 1 is 0.889 bits per heavy atom. The van der Waals surface area contributed by atoms with Gasteiger partial charge in [-0.05, 0) is 43.2 Å². The summed E-state index contributed by atoms with van der Waals surface area (Å²) in [5, 5.41) is 5.65. The molecule has 2 aromatic carbocycles. The molecule has 3 rings (SSSR count). The van der Waals surface area contributed by atoms with Crippen LogP contribution in [0.1, 0.15) is 11.3 Å². The number of rotatable bonds is 6. The summed E-state index contributed by atoms with van der Waals surface area (Å²) in [6.45, 7) is 2.22. The molecule has 0 aliphatic rings. The zero-order valence-electron chi connectivity index (χ0n) is 14.4. The Hall–Kier alpha value is -3.16. The molecule has 0 unspecified atom stereocenters. The summed E-state index contributed by atoms with van der Waals surface area (Å²) in [5.74, 6) is -3.91. The number of anilines is 3. The highest BCUT2D eigenvalue weighted by Gasteiger charge is 2.14. The van der Waals surface area contributed by atoms with Crippen molar-refractivity contribution in [2.45, 2.75) is 13.3 Å². The smallest absolute Gasteiger partial charge is 0.224 e. The Morgan fingerprint density at radius 3 is 2.37 bits per heavy atom. The van der Waals surface area contributed by atoms with Gasteiger partial charge in [0.25, 0.3) is 0 Å². The molecule has 0 amide bonds. The summed E-state index contributed by atoms with van der Waals surface area (Å²) in [6, 6.07) is 9.61. The lowest BCUT2D eigenvalue weighted by Gasteiger charge is -2.11. The molecular weight excluding hydrogens is 360 g/mol. The third-order valence-corrected chi connectivity index (χ3v) is 3.76. The van der Waals surface area contributed by atoms with Crippen LogP contribution in [0, 0.1) is 30.2 Å². The summed E-state index contributed by atoms with van der Waals surface area (Å²) in [4.78, 5) is 8.42. The Balaban J connectivity index is 1.69. The average Bonchev–Trinajstić information content (AvgIpc) is 2.63. The summed E-state index contributed by atoms with van der Waals surface area (Å²) < 4.78 is 53.1. The number of halogens is 4. The highest BCUT2D eigenvalue weighted by molar-refractivity contribution is 5.58. The molecule has 0 fully saturated rings. The normalized spacial score (nSPS) is 10.7. The fourth-order valence-corrected chi connectivity index (χ4v) is 2.44. The fourth-order valence-electron chi connectivity index (χ4n) is 2.44. The molecule has 0 bridgehead atoms. The molecule has 0 saturated heterocycles. The van der Waals surface area contributed by atoms with Gasteiger partial charge in [0.2, 0.25) is 5.95 Å². The van der Waals surface area contributed by atoms with Crippen molar-refractivity contribution in [3.05, 3.63) is 77.0 Å². The molecule has 1 heterocycles. The van der Waals surface area contributed by atoms with E-state index >= 15 is 0 Å². The van der Waals surface area contributed by atoms with Crippen LogP contribution in [0.15, 0.2) is 42.5 Å². The van der Waals surface area contributed by atoms with E-state index in [9.17, 15) is 17.6 Å². The predicted molar refractivity (Wildman–Crippen MR) is 95.0 cm³/mol. The first-order valence-corrected chi connectivity index (χ1v) is 8.17. The van der Waals surface area contributed by atoms with E-state index in [4.69, 9.17) is 0 Å². The topological polar surface area (TPSA) is 49.8 Å². The van der Waals surface area contributed by atoms with Crippen LogP contribution in [0.5, 0.6) is 0 Å². The van der Waals surface area contributed by atoms with Crippen LogP contribution in [0.4, 0.5) is 35.0 Å². The van der Waals surface area contributed by atoms with Crippen LogP contribution < -0.4 is 10.6 Å². The summed E-state index contributed by atoms with van der Waals surface area (Å²) in [6.07, 6.45) is 0.623. The van der Waals surface area contributed by atoms with E-state index in [0.717, 1.165) is 17.7 Å². The molecule has 0 aliphatic heterocycles. The lowest BCUT2D eigenvalue weighted by Crippen LogP contribution is -2.10. The zero-order valence-corrected chi connectivity index (χ0v) is 14.4. The number of benzene rings is 2. The van der Waals surface area contributed by atoms with Crippen LogP contribution in [0.2, 0.25) is 0 Å². The van der Waals surface area contributed by atoms with E-state index in [2.05, 4.69) is 20.6 Å². The first-order chi connectivity index (χ1) is 12.9. The lowest BCUT2D eigenvalue weighted by molar-refractivity contribution is 0.449. The molecule has 0 aliphatic carbocycles. The van der Waals surface area contributed by atoms with Gasteiger partial charge in [-0.25, -0.2) is 22.5 Å². The van der Waals surface area contributed by atoms with Crippen molar-refractivity contribution in [1.82, 2.24) is 9.97 Å². The number of hydrogen-bond donors (Lipinski definition) is 2. The highest BCUT2D eigenvalue weighted by atomic mass is 19.2. The molecule has 0 saturated carbocycles. The zero-order chi connectivity index (χ0) is 19.4. The van der Waals surface area contributed by atoms with Gasteiger partial charge in [0.15, 0.2) is 17.5 Å². The van der Waals surface area contributed by atoms with Crippen LogP contribution in [0.25, 0.3) is 0 Å². The molecular formula is C19H16F4N4. The second-order valence-corrected chi connectivity index (χ2v) is 5.87. The number of nitrogens with one attached hydrogen (secondary N) is 2. The largest absolute Gasteiger partial charge is 0.354 e. The van der Waals surface area contributed by atoms with Crippen LogP contribution in [0.3, 0.4) is 0 Å². The van der Waals surface area contributed by atoms with Crippen molar-refractivity contribution in [1.29, 1.82) is 0 Å². The molecule has 4 nitrogen and oxygen atoms in total. The number of nitrogens with zero attached hydrogens (tertiary/aromatic N) is 2. The van der Waals surface area contributed by atoms with Crippen LogP contribution >= 0.6 is 0 Å². The van der Waals surface area contributed by atoms with Gasteiger partial charge in [-0.15, -0.1) is 0 Å². The molecule has 0 spiro atoms. The van der Waals surface area contributed by atoms with Gasteiger partial charge in [-0.3, -0.25) is 0 Å². The number of hydrogen-bond acceptors (Lipinski definition) is 4. The third kappa shape index (κ3) is 4.72. The summed E-state index contributed by atoms with van der Waals surface area (Å²) in [5.41, 5.74) is 1.31. The molecule has 27 heavy (non-hydrogen) atoms. The van der Waals surface area contributed by atoms with Gasteiger partial charge < -0.3 is 10.6 Å². The predicted octanol–water partition coefficient (Wildman–Crippen LogP) is 4.74. The van der Waals surface area contributed by atoms with Gasteiger partial charge in [-0.2, -0.15) is 4.98 Å². The maximum absolute atomic E-state index is 13.8. The van der Waals surface area contributed by atoms with Gasteiger partial charge >= 0.3 is 0 Å². The number of aromatic nitrogens is 2. The molecule has 3 aromatic rings. The van der Waals surface area contributed by atoms with E-state index < -0.39 is 17.5 Å². The van der Waals surface area contributed by atoms with Crippen LogP contribution in [-0.4, -0.2) is 16.5 Å². The Morgan fingerprint density at radius 2 is 1.63 bits per heavy atom. The van der Waals surface area contributed by atoms with Crippen molar-refractivity contribution in [3.8, 4) is 0 Å². The molecule has 140 valence electrons. The van der Waals surface area contributed by atoms with E-state index in [1.165, 1.54) is 12.1 Å². The van der Waals surface area contributed by atoms with E-state index in [1.54, 1.807) is 25.1 Å². The minimum Gasteiger partial charge on any atom is -0.354 e. The van der Waals surface area contributed by atoms with Crippen molar-refractivity contribution in [3.63, 3.8) is 0 Å². The average molecular weight is 376 g/mol. The van der Waals surface area contributed by atoms with E-state index in [1.807, 2.05) is 0 Å². The molecule has 0 atom stereocenters. The third-order valence-electron chi connectivity index (χ3n) is 3.76. The second-order valence-electron chi connectivity index (χ2n) is 5.87. The Kier molecular flexibility index (Phi) is 5.54. The van der Waals surface area contributed by atoms with Crippen molar-refractivity contribution in [2.75, 3.05) is 17.2 Å². The maximum Gasteiger partial charge on any atom is 0.224 e. The van der Waals surface area contributed by atoms with Gasteiger partial charge in [0.05, 0.1) is 5.69 Å². The first kappa shape index (κ1) is 18.6. The number of aryl methyl sites for hydroxylation is 1. The maximum atomic E-state index is 13.8. The summed E-state index contributed by atoms with van der Waals surface area (Å²) in [7, 11) is 0. The SMILES string of the molecule is Cc1cc(Nc2ccc(F)c(F)c2F)nc(NCCc2ccc(F)cc2)n1. The van der Waals surface area contributed by atoms with Gasteiger partial charge in [0, 0.05) is 18.3 Å². The quantitative estimate of drug-likeness (QED) is 0.482. The van der Waals surface area contributed by atoms with E-state index in [0.29, 0.717) is 24.6 Å². The molecule has 1 aromatic heterocycles. The molecule has 0 radical (unpaired) electrons. The standard InChI is InChI=1S/C19H16F4N4/c1-11-10-16(26-15-7-6-14(21)17(22)18(15)23)27-19(25-11)24-9-8-12-2-4-13(20)5-3-12/h2-7,10H,8-9H2,1H3,(H2,24,25,26,27). The monoisotopic (exact) mass is 376 g/mol. The van der Waals surface area contributed by atoms with Crippen molar-refractivity contribution in [2.24, 2.45) is 0 Å². The van der Waals surface area contributed by atoms with Gasteiger partial charge in [-0.1, -0.05) is 12.1 Å². The minimum absolute atomic E-state index is 0.232. The van der Waals surface area contributed by atoms with Gasteiger partial charge in [0.1, 0.15) is 11.6 Å². The molecule has 2 N–H and O–H groups in total. The van der Waals surface area contributed by atoms with Crippen molar-refractivity contribution >= 4 is 17.5 Å². The first-order valence-electron chi connectivity index (χ1n) is 8.17. The minimum atomic E-state index is -1.55. The van der Waals surface area contributed by atoms with E-state index in [-0.39, 0.29) is 17.3 Å². The summed E-state index contributed by atoms with van der Waals surface area (Å²) >= 11 is 0. The lowest BCUT2D eigenvalue weighted by atomic mass is 10.1. The Labute approximate surface area is 153 Å². The van der Waals surface area contributed by atoms with Crippen molar-refractivity contribution < 1.29 is 17.6 Å². The Bertz CT molecular complexity index is 945. The molecule has 8 heteroatoms. The highest BCUT2D eigenvalue weighted by Crippen LogP contribution is 2.23. The second kappa shape index (κ2) is 8.03. The van der Waals surface area contributed by atoms with Crippen LogP contribution in [-0.2, 0) is 6.42 Å².